The zero-order valence-corrected chi connectivity index (χ0v) is 64.5. The number of aromatic amines is 1. The molecule has 0 fully saturated rings. The van der Waals surface area contributed by atoms with E-state index < -0.39 is 103 Å². The molecule has 0 unspecified atom stereocenters. The number of rotatable bonds is 24. The Morgan fingerprint density at radius 2 is 0.525 bits per heavy atom. The number of hydrogen-bond acceptors (Lipinski definition) is 22. The van der Waals surface area contributed by atoms with Crippen LogP contribution in [-0.4, -0.2) is 96.4 Å². The van der Waals surface area contributed by atoms with E-state index >= 15 is 35.1 Å². The molecule has 0 saturated carbocycles. The van der Waals surface area contributed by atoms with E-state index in [1.807, 2.05) is 0 Å². The fourth-order valence-corrected chi connectivity index (χ4v) is 14.5. The van der Waals surface area contributed by atoms with Gasteiger partial charge in [-0.25, -0.2) is 69.7 Å². The zero-order chi connectivity index (χ0) is 83.3. The van der Waals surface area contributed by atoms with E-state index in [9.17, 15) is 0 Å². The maximum absolute atomic E-state index is 17.9. The molecule has 0 atom stereocenters. The fourth-order valence-electron chi connectivity index (χ4n) is 14.5. The van der Waals surface area contributed by atoms with Crippen molar-refractivity contribution in [3.63, 3.8) is 0 Å². The Kier molecular flexibility index (Phi) is 20.4. The van der Waals surface area contributed by atoms with Gasteiger partial charge in [-0.05, 0) is 103 Å². The first kappa shape index (κ1) is 76.8. The van der Waals surface area contributed by atoms with Gasteiger partial charge >= 0.3 is 0 Å². The third kappa shape index (κ3) is 13.3. The monoisotopic (exact) mass is 1630 g/mol. The van der Waals surface area contributed by atoms with Crippen LogP contribution in [0, 0.1) is 46.5 Å². The molecule has 5 heterocycles. The van der Waals surface area contributed by atoms with Crippen LogP contribution in [0.15, 0.2) is 200 Å². The number of benzene rings is 12. The van der Waals surface area contributed by atoms with E-state index in [2.05, 4.69) is 57.6 Å². The molecule has 12 aromatic carbocycles. The minimum atomic E-state index is -2.37. The van der Waals surface area contributed by atoms with Gasteiger partial charge in [-0.3, -0.25) is 5.43 Å². The summed E-state index contributed by atoms with van der Waals surface area (Å²) >= 11 is 0. The molecular weight excluding hydrogens is 1560 g/mol. The van der Waals surface area contributed by atoms with Crippen LogP contribution in [0.4, 0.5) is 120 Å². The molecule has 0 spiro atoms. The number of nitrogens with one attached hydrogen (secondary N) is 9. The van der Waals surface area contributed by atoms with Crippen molar-refractivity contribution in [1.29, 1.82) is 0 Å². The van der Waals surface area contributed by atoms with E-state index in [0.29, 0.717) is 57.2 Å². The topological polar surface area (TPSA) is 268 Å². The molecule has 24 nitrogen and oxygen atoms in total. The van der Waals surface area contributed by atoms with Gasteiger partial charge in [0, 0.05) is 5.56 Å². The smallest absolute Gasteiger partial charge is 0.198 e. The van der Waals surface area contributed by atoms with Crippen LogP contribution in [-0.2, 0) is 0 Å². The minimum Gasteiger partial charge on any atom is -0.495 e. The molecule has 0 amide bonds. The van der Waals surface area contributed by atoms with Crippen LogP contribution >= 0.6 is 0 Å². The molecule has 8 bridgehead atoms. The maximum atomic E-state index is 17.9. The van der Waals surface area contributed by atoms with Crippen molar-refractivity contribution in [3.05, 3.63) is 247 Å². The summed E-state index contributed by atoms with van der Waals surface area (Å²) < 4.78 is 186. The van der Waals surface area contributed by atoms with Crippen LogP contribution in [0.1, 0.15) is 0 Å². The summed E-state index contributed by atoms with van der Waals surface area (Å²) in [6.07, 6.45) is 0. The van der Waals surface area contributed by atoms with Crippen molar-refractivity contribution in [2.24, 2.45) is 0 Å². The number of ether oxygens (including phenoxy) is 8. The highest BCUT2D eigenvalue weighted by atomic mass is 19.2. The van der Waals surface area contributed by atoms with Gasteiger partial charge in [0.2, 0.25) is 0 Å². The molecule has 32 heteroatoms. The highest BCUT2D eigenvalue weighted by Crippen LogP contribution is 2.57. The number of fused-ring (bicyclic) bond motifs is 20. The molecule has 120 heavy (non-hydrogen) atoms. The van der Waals surface area contributed by atoms with Crippen LogP contribution in [0.5, 0.6) is 46.0 Å². The fraction of sp³-hybridized carbons (Fsp3) is 0.0909. The summed E-state index contributed by atoms with van der Waals surface area (Å²) in [7, 11) is 11.7. The Hall–Kier alpha value is -15.8. The van der Waals surface area contributed by atoms with Gasteiger partial charge in [0.05, 0.1) is 180 Å². The lowest BCUT2D eigenvalue weighted by atomic mass is 10.0. The first-order valence-corrected chi connectivity index (χ1v) is 36.7. The molecule has 0 aliphatic carbocycles. The average Bonchev–Trinajstić information content (AvgIpc) is 1.57. The van der Waals surface area contributed by atoms with Gasteiger partial charge in [0.25, 0.3) is 0 Å². The molecule has 9 N–H and O–H groups in total. The van der Waals surface area contributed by atoms with Crippen LogP contribution in [0.3, 0.4) is 0 Å². The molecule has 2 aliphatic rings. The standard InChI is InChI=1S/C88H66F8N16O8/c1-113-52-33-17-9-25-43(52)97-51-41-42-60(76(99-45-27-11-19-35-54(45)115-3)75(51)98-44-26-10-18-34-53(44)114-2)82-104-81(42)105-83-61-62(68(90)72(94)71(93)67(61)89)84(106-83)107-85-63-64(70(92)74(96)73(95)69(63)91)86(108-85)110-88-66-65(87(109-82)112(88)111-50-32-16-24-40-59(50)120-8)77(100-46-28-12-20-36-55(46)116-4)79(102-48-30-14-22-38-57(48)118-6)80(103-49-31-15-23-39-58(49)119-7)78(66)101-47-29-13-21-37-56(47)117-5/h9-41,97-103,111H,1-8H3,(H,104,105,106,107,108,109,110). The van der Waals surface area contributed by atoms with Crippen molar-refractivity contribution in [2.45, 2.75) is 0 Å². The molecule has 17 rings (SSSR count). The second-order valence-electron chi connectivity index (χ2n) is 26.7. The number of hydrogen-bond donors (Lipinski definition) is 9. The summed E-state index contributed by atoms with van der Waals surface area (Å²) in [5.74, 6) is -18.2. The lowest BCUT2D eigenvalue weighted by Crippen LogP contribution is -2.11. The Balaban J connectivity index is 1.20. The molecular formula is C88H66F8N16O8. The van der Waals surface area contributed by atoms with Crippen LogP contribution in [0.25, 0.3) is 89.7 Å². The third-order valence-electron chi connectivity index (χ3n) is 20.1. The van der Waals surface area contributed by atoms with Gasteiger partial charge in [-0.15, -0.1) is 0 Å². The zero-order valence-electron chi connectivity index (χ0n) is 64.5. The van der Waals surface area contributed by atoms with Crippen LogP contribution in [0.2, 0.25) is 0 Å². The summed E-state index contributed by atoms with van der Waals surface area (Å²) in [6, 6.07) is 56.9. The normalized spacial score (nSPS) is 11.3. The summed E-state index contributed by atoms with van der Waals surface area (Å²) in [5, 5.41) is 23.2. The predicted octanol–water partition coefficient (Wildman–Crippen LogP) is 21.6. The van der Waals surface area contributed by atoms with E-state index in [0.717, 1.165) is 0 Å². The van der Waals surface area contributed by atoms with Crippen molar-refractivity contribution >= 4 is 129 Å². The number of halogens is 8. The Labute approximate surface area is 676 Å². The second kappa shape index (κ2) is 31.8. The molecule has 15 aromatic rings. The van der Waals surface area contributed by atoms with Gasteiger partial charge in [0.1, 0.15) is 57.3 Å². The van der Waals surface area contributed by atoms with E-state index in [1.165, 1.54) is 61.6 Å². The highest BCUT2D eigenvalue weighted by molar-refractivity contribution is 6.27. The minimum absolute atomic E-state index is 0.00319. The molecule has 0 radical (unpaired) electrons. The van der Waals surface area contributed by atoms with Crippen LogP contribution < -0.4 is 80.5 Å². The first-order valence-electron chi connectivity index (χ1n) is 36.7. The van der Waals surface area contributed by atoms with Crippen molar-refractivity contribution < 1.29 is 73.0 Å². The molecule has 2 aliphatic heterocycles. The molecule has 3 aromatic heterocycles. The quantitative estimate of drug-likeness (QED) is 0.0155. The van der Waals surface area contributed by atoms with Crippen molar-refractivity contribution in [3.8, 4) is 91.5 Å². The lowest BCUT2D eigenvalue weighted by Gasteiger charge is -2.26. The third-order valence-corrected chi connectivity index (χ3v) is 20.1. The number of aromatic nitrogens is 8. The van der Waals surface area contributed by atoms with E-state index in [-0.39, 0.29) is 107 Å². The largest absolute Gasteiger partial charge is 0.495 e. The Morgan fingerprint density at radius 3 is 0.892 bits per heavy atom. The summed E-state index contributed by atoms with van der Waals surface area (Å²) in [5.41, 5.74) is 1.78. The number of anilines is 15. The van der Waals surface area contributed by atoms with Crippen molar-refractivity contribution in [2.75, 3.05) is 99.5 Å². The average molecular weight is 1630 g/mol. The Morgan fingerprint density at radius 1 is 0.250 bits per heavy atom. The predicted molar refractivity (Wildman–Crippen MR) is 445 cm³/mol. The molecule has 602 valence electrons. The lowest BCUT2D eigenvalue weighted by molar-refractivity contribution is 0.412. The summed E-state index contributed by atoms with van der Waals surface area (Å²) in [6.45, 7) is 0. The Bertz CT molecular complexity index is 6860. The number of para-hydroxylation sites is 16. The van der Waals surface area contributed by atoms with E-state index in [1.54, 1.807) is 200 Å². The maximum Gasteiger partial charge on any atom is 0.198 e. The van der Waals surface area contributed by atoms with Gasteiger partial charge in [-0.2, -0.15) is 0 Å². The van der Waals surface area contributed by atoms with Crippen molar-refractivity contribution in [1.82, 2.24) is 39.6 Å². The molecule has 0 saturated heterocycles. The van der Waals surface area contributed by atoms with E-state index in [4.69, 9.17) is 57.8 Å². The number of methoxy groups -OCH3 is 8. The SMILES string of the molecule is COc1ccccc1Nc1cc2c(c(Nc3ccccc3OC)c1Nc1ccccc1OC)-c1nc-2nc2[nH]c(nc3nc(nc4c5c(Nc6ccccc6OC)c(Nc6ccccc6OC)c(Nc6ccccc6OC)c(Nc6ccccc6OC)c5c(n1)n4Nc1ccccc1OC)-c1c(F)c(F)c(F)c(F)c1-3)c1c(F)c(F)c(F)c(F)c21. The highest BCUT2D eigenvalue weighted by Gasteiger charge is 2.38. The number of nitrogens with zero attached hydrogens (tertiary/aromatic N) is 7. The number of H-pyrrole nitrogens is 1. The second-order valence-corrected chi connectivity index (χ2v) is 26.7. The van der Waals surface area contributed by atoms with Gasteiger partial charge in [0.15, 0.2) is 81.1 Å². The van der Waals surface area contributed by atoms with Gasteiger partial charge < -0.3 is 80.1 Å². The van der Waals surface area contributed by atoms with Gasteiger partial charge in [-0.1, -0.05) is 97.1 Å². The summed E-state index contributed by atoms with van der Waals surface area (Å²) in [4.78, 5) is 33.2. The first-order chi connectivity index (χ1) is 58.5.